The summed E-state index contributed by atoms with van der Waals surface area (Å²) in [5, 5.41) is 4.02. The first-order chi connectivity index (χ1) is 17.7. The number of anilines is 1. The second-order valence-corrected chi connectivity index (χ2v) is 11.0. The molecule has 0 unspecified atom stereocenters. The number of rotatable bonds is 10. The third-order valence-corrected chi connectivity index (χ3v) is 7.38. The van der Waals surface area contributed by atoms with E-state index in [4.69, 9.17) is 18.6 Å². The largest absolute Gasteiger partial charge is 0.378 e. The first kappa shape index (κ1) is 32.3. The molecule has 38 heavy (non-hydrogen) atoms. The van der Waals surface area contributed by atoms with E-state index in [0.29, 0.717) is 0 Å². The van der Waals surface area contributed by atoms with Crippen molar-refractivity contribution in [2.75, 3.05) is 19.0 Å². The molecule has 1 aromatic heterocycles. The maximum atomic E-state index is 8.49. The van der Waals surface area contributed by atoms with Gasteiger partial charge in [0.1, 0.15) is 4.70 Å². The molecule has 0 spiro atoms. The Kier molecular flexibility index (Phi) is 13.3. The Morgan fingerprint density at radius 3 is 2.11 bits per heavy atom. The van der Waals surface area contributed by atoms with Crippen LogP contribution in [0.2, 0.25) is 0 Å². The van der Waals surface area contributed by atoms with E-state index in [9.17, 15) is 0 Å². The van der Waals surface area contributed by atoms with Gasteiger partial charge in [0.25, 0.3) is 5.01 Å². The zero-order chi connectivity index (χ0) is 26.8. The molecule has 1 heterocycles. The number of fused-ring (bicyclic) bond motifs is 3. The normalized spacial score (nSPS) is 11.4. The quantitative estimate of drug-likeness (QED) is 0.208. The van der Waals surface area contributed by atoms with E-state index in [1.165, 1.54) is 75.8 Å². The third-order valence-electron chi connectivity index (χ3n) is 6.19. The van der Waals surface area contributed by atoms with Gasteiger partial charge < -0.3 is 4.90 Å². The molecule has 4 aromatic rings. The van der Waals surface area contributed by atoms with Gasteiger partial charge in [0.15, 0.2) is 6.54 Å². The fourth-order valence-electron chi connectivity index (χ4n) is 4.29. The molecule has 9 heteroatoms. The summed E-state index contributed by atoms with van der Waals surface area (Å²) in [4.78, 5) is 2.14. The van der Waals surface area contributed by atoms with Crippen LogP contribution in [0.25, 0.3) is 33.1 Å². The number of halogens is 1. The molecule has 0 aliphatic heterocycles. The van der Waals surface area contributed by atoms with Crippen molar-refractivity contribution < 1.29 is 52.0 Å². The van der Waals surface area contributed by atoms with Gasteiger partial charge in [-0.3, -0.25) is 0 Å². The molecular formula is C29H35ClN2O4SV. The summed E-state index contributed by atoms with van der Waals surface area (Å²) in [6.07, 6.45) is 12.5. The maximum Gasteiger partial charge on any atom is 0.262 e. The number of unbranched alkanes of at least 4 members (excludes halogenated alkanes) is 5. The molecule has 0 amide bonds. The van der Waals surface area contributed by atoms with Gasteiger partial charge in [-0.05, 0) is 41.6 Å². The Morgan fingerprint density at radius 2 is 1.45 bits per heavy atom. The molecule has 0 bridgehead atoms. The van der Waals surface area contributed by atoms with Crippen molar-refractivity contribution in [3.05, 3.63) is 71.2 Å². The first-order valence-electron chi connectivity index (χ1n) is 12.6. The minimum atomic E-state index is -4.94. The topological polar surface area (TPSA) is 99.4 Å². The van der Waals surface area contributed by atoms with E-state index in [1.54, 1.807) is 0 Å². The Hall–Kier alpha value is -1.94. The smallest absolute Gasteiger partial charge is 0.262 e. The van der Waals surface area contributed by atoms with Crippen molar-refractivity contribution in [1.82, 2.24) is 0 Å². The molecule has 0 fully saturated rings. The van der Waals surface area contributed by atoms with E-state index < -0.39 is 10.2 Å². The molecule has 0 aliphatic rings. The zero-order valence-corrected chi connectivity index (χ0v) is 25.1. The molecule has 0 aliphatic carbocycles. The summed E-state index contributed by atoms with van der Waals surface area (Å²) in [7, 11) is -0.783. The van der Waals surface area contributed by atoms with Crippen LogP contribution in [0.1, 0.15) is 56.0 Å². The van der Waals surface area contributed by atoms with Gasteiger partial charge in [-0.25, -0.2) is 18.6 Å². The maximum absolute atomic E-state index is 8.49. The van der Waals surface area contributed by atoms with Gasteiger partial charge in [-0.15, -0.1) is 10.2 Å². The van der Waals surface area contributed by atoms with Crippen LogP contribution >= 0.6 is 11.3 Å². The average molecular weight is 594 g/mol. The van der Waals surface area contributed by atoms with E-state index >= 15 is 0 Å². The van der Waals surface area contributed by atoms with E-state index in [1.807, 2.05) is 11.3 Å². The number of hydrogen-bond acceptors (Lipinski definition) is 6. The molecule has 0 saturated heterocycles. The summed E-state index contributed by atoms with van der Waals surface area (Å²) >= 11 is 1.92. The summed E-state index contributed by atoms with van der Waals surface area (Å²) in [6, 6.07) is 22.1. The van der Waals surface area contributed by atoms with Gasteiger partial charge in [-0.2, -0.15) is 4.57 Å². The zero-order valence-electron chi connectivity index (χ0n) is 22.1. The fraction of sp³-hybridized carbons (Fsp3) is 0.345. The summed E-state index contributed by atoms with van der Waals surface area (Å²) < 4.78 is 37.9. The molecule has 6 nitrogen and oxygen atoms in total. The SMILES string of the molecule is CCCCCCCC[n+]1c(C=Cc2ccc(N(C)C)cc2)sc2c3ccccc3ccc21.[O-][Cl+3]([O-])([O-])[O-].[V]. The monoisotopic (exact) mass is 593 g/mol. The number of benzene rings is 3. The molecular weight excluding hydrogens is 559 g/mol. The molecule has 0 saturated carbocycles. The summed E-state index contributed by atoms with van der Waals surface area (Å²) in [6.45, 7) is 3.37. The van der Waals surface area contributed by atoms with Crippen molar-refractivity contribution in [3.63, 3.8) is 0 Å². The number of nitrogens with zero attached hydrogens (tertiary/aromatic N) is 2. The predicted molar refractivity (Wildman–Crippen MR) is 143 cm³/mol. The predicted octanol–water partition coefficient (Wildman–Crippen LogP) is 3.18. The summed E-state index contributed by atoms with van der Waals surface area (Å²) in [5.41, 5.74) is 3.84. The second-order valence-electron chi connectivity index (χ2n) is 9.19. The molecule has 0 atom stereocenters. The van der Waals surface area contributed by atoms with E-state index in [-0.39, 0.29) is 18.6 Å². The van der Waals surface area contributed by atoms with Crippen LogP contribution in [0.3, 0.4) is 0 Å². The van der Waals surface area contributed by atoms with Crippen LogP contribution in [0.5, 0.6) is 0 Å². The van der Waals surface area contributed by atoms with Crippen LogP contribution in [-0.2, 0) is 25.1 Å². The Bertz CT molecular complexity index is 1300. The van der Waals surface area contributed by atoms with Crippen molar-refractivity contribution in [1.29, 1.82) is 0 Å². The standard InChI is InChI=1S/C29H35N2S.ClHO4.V/c1-4-5-6-7-8-11-22-31-27-20-17-24-12-9-10-13-26(24)29(27)32-28(31)21-16-23-14-18-25(19-15-23)30(2)3;2-1(3,4)5;/h9-10,12-21H,4-8,11,22H2,1-3H3;(H,2,3,4,5);/q+1;;/p-1. The number of aryl methyl sites for hydroxylation is 1. The molecule has 203 valence electrons. The number of thiazole rings is 1. The minimum Gasteiger partial charge on any atom is -0.378 e. The molecule has 3 aromatic carbocycles. The summed E-state index contributed by atoms with van der Waals surface area (Å²) in [5.74, 6) is 0. The van der Waals surface area contributed by atoms with Crippen LogP contribution in [0.15, 0.2) is 60.7 Å². The Morgan fingerprint density at radius 1 is 0.816 bits per heavy atom. The Balaban J connectivity index is 0.000000774. The average Bonchev–Trinajstić information content (AvgIpc) is 3.22. The van der Waals surface area contributed by atoms with Crippen molar-refractivity contribution in [3.8, 4) is 0 Å². The third kappa shape index (κ3) is 9.99. The minimum absolute atomic E-state index is 0. The van der Waals surface area contributed by atoms with Crippen LogP contribution in [0, 0.1) is 10.2 Å². The first-order valence-corrected chi connectivity index (χ1v) is 14.6. The van der Waals surface area contributed by atoms with Crippen LogP contribution < -0.4 is 28.1 Å². The fourth-order valence-corrected chi connectivity index (χ4v) is 5.51. The van der Waals surface area contributed by atoms with Crippen LogP contribution in [0.4, 0.5) is 5.69 Å². The van der Waals surface area contributed by atoms with Crippen LogP contribution in [-0.4, -0.2) is 14.1 Å². The number of aromatic nitrogens is 1. The second kappa shape index (κ2) is 15.6. The molecule has 1 radical (unpaired) electrons. The van der Waals surface area contributed by atoms with Crippen molar-refractivity contribution in [2.24, 2.45) is 0 Å². The van der Waals surface area contributed by atoms with Crippen molar-refractivity contribution >= 4 is 50.2 Å². The Labute approximate surface area is 243 Å². The van der Waals surface area contributed by atoms with Gasteiger partial charge in [0.2, 0.25) is 5.52 Å². The van der Waals surface area contributed by atoms with Gasteiger partial charge in [-0.1, -0.05) is 80.3 Å². The number of hydrogen-bond donors (Lipinski definition) is 0. The van der Waals surface area contributed by atoms with Crippen molar-refractivity contribution in [2.45, 2.75) is 52.0 Å². The van der Waals surface area contributed by atoms with E-state index in [2.05, 4.69) is 103 Å². The molecule has 4 rings (SSSR count). The van der Waals surface area contributed by atoms with Gasteiger partial charge in [0, 0.05) is 62.3 Å². The van der Waals surface area contributed by atoms with E-state index in [0.717, 1.165) is 6.54 Å². The van der Waals surface area contributed by atoms with Gasteiger partial charge >= 0.3 is 0 Å². The van der Waals surface area contributed by atoms with Gasteiger partial charge in [0.05, 0.1) is 0 Å². The molecule has 0 N–H and O–H groups in total.